The number of aromatic nitrogens is 1. The Morgan fingerprint density at radius 1 is 0.926 bits per heavy atom. The van der Waals surface area contributed by atoms with Gasteiger partial charge < -0.3 is 15.4 Å². The number of nitrogen functional groups attached to an aromatic ring is 1. The molecule has 0 spiro atoms. The van der Waals surface area contributed by atoms with Gasteiger partial charge in [0, 0.05) is 34.9 Å². The smallest absolute Gasteiger partial charge is 0.147 e. The van der Waals surface area contributed by atoms with Crippen molar-refractivity contribution in [3.05, 3.63) is 103 Å². The van der Waals surface area contributed by atoms with Gasteiger partial charge in [0.15, 0.2) is 0 Å². The molecule has 2 N–H and O–H groups in total. The minimum absolute atomic E-state index is 0.468. The predicted molar refractivity (Wildman–Crippen MR) is 110 cm³/mol. The normalized spacial score (nSPS) is 16.4. The molecular formula is C23H19N3O. The molecule has 27 heavy (non-hydrogen) atoms. The molecule has 4 nitrogen and oxygen atoms in total. The standard InChI is InChI=1S/C23H19N3O/c24-21-11-5-4-10-19(21)20-14-17(22-12-6-7-13-25-22)15-26(23(20)16-27)18-8-2-1-3-9-18/h1-16,23H,24H2. The van der Waals surface area contributed by atoms with E-state index in [4.69, 9.17) is 5.73 Å². The average molecular weight is 353 g/mol. The number of benzene rings is 2. The molecule has 2 aromatic carbocycles. The zero-order valence-electron chi connectivity index (χ0n) is 14.7. The Morgan fingerprint density at radius 3 is 2.37 bits per heavy atom. The number of hydrogen-bond acceptors (Lipinski definition) is 4. The van der Waals surface area contributed by atoms with E-state index in [2.05, 4.69) is 4.98 Å². The van der Waals surface area contributed by atoms with Gasteiger partial charge in [-0.1, -0.05) is 42.5 Å². The first-order chi connectivity index (χ1) is 13.3. The lowest BCUT2D eigenvalue weighted by atomic mass is 9.91. The molecule has 0 amide bonds. The van der Waals surface area contributed by atoms with Crippen molar-refractivity contribution >= 4 is 28.8 Å². The third-order valence-corrected chi connectivity index (χ3v) is 4.62. The minimum atomic E-state index is -0.468. The molecule has 4 heteroatoms. The molecule has 1 aromatic heterocycles. The van der Waals surface area contributed by atoms with Crippen molar-refractivity contribution in [2.24, 2.45) is 0 Å². The Morgan fingerprint density at radius 2 is 1.67 bits per heavy atom. The fourth-order valence-electron chi connectivity index (χ4n) is 3.31. The number of allylic oxidation sites excluding steroid dienone is 2. The van der Waals surface area contributed by atoms with Crippen molar-refractivity contribution in [1.82, 2.24) is 4.98 Å². The van der Waals surface area contributed by atoms with Crippen molar-refractivity contribution in [3.63, 3.8) is 0 Å². The third kappa shape index (κ3) is 3.25. The van der Waals surface area contributed by atoms with Crippen LogP contribution in [0.3, 0.4) is 0 Å². The van der Waals surface area contributed by atoms with E-state index in [1.165, 1.54) is 0 Å². The fourth-order valence-corrected chi connectivity index (χ4v) is 3.31. The summed E-state index contributed by atoms with van der Waals surface area (Å²) in [5, 5.41) is 0. The van der Waals surface area contributed by atoms with Gasteiger partial charge in [-0.25, -0.2) is 0 Å². The summed E-state index contributed by atoms with van der Waals surface area (Å²) in [6.07, 6.45) is 6.70. The predicted octanol–water partition coefficient (Wildman–Crippen LogP) is 4.18. The van der Waals surface area contributed by atoms with E-state index in [1.807, 2.05) is 90.0 Å². The maximum Gasteiger partial charge on any atom is 0.147 e. The van der Waals surface area contributed by atoms with E-state index in [-0.39, 0.29) is 0 Å². The van der Waals surface area contributed by atoms with Crippen LogP contribution in [0.5, 0.6) is 0 Å². The summed E-state index contributed by atoms with van der Waals surface area (Å²) in [6, 6.07) is 22.8. The molecule has 0 saturated heterocycles. The zero-order valence-corrected chi connectivity index (χ0v) is 14.7. The van der Waals surface area contributed by atoms with Crippen molar-refractivity contribution in [1.29, 1.82) is 0 Å². The quantitative estimate of drug-likeness (QED) is 0.565. The maximum atomic E-state index is 12.1. The first-order valence-electron chi connectivity index (χ1n) is 8.76. The Balaban J connectivity index is 1.91. The van der Waals surface area contributed by atoms with Crippen LogP contribution in [0, 0.1) is 0 Å². The molecular weight excluding hydrogens is 334 g/mol. The van der Waals surface area contributed by atoms with Crippen LogP contribution in [0.15, 0.2) is 91.3 Å². The topological polar surface area (TPSA) is 59.2 Å². The number of nitrogens with zero attached hydrogens (tertiary/aromatic N) is 2. The summed E-state index contributed by atoms with van der Waals surface area (Å²) in [5.41, 5.74) is 11.3. The lowest BCUT2D eigenvalue weighted by Gasteiger charge is -2.33. The molecule has 1 aliphatic heterocycles. The molecule has 2 heterocycles. The molecule has 1 atom stereocenters. The molecule has 1 unspecified atom stereocenters. The van der Waals surface area contributed by atoms with Gasteiger partial charge in [-0.05, 0) is 42.0 Å². The van der Waals surface area contributed by atoms with Crippen LogP contribution in [0.25, 0.3) is 11.1 Å². The number of carbonyl (C=O) groups is 1. The number of aldehydes is 1. The highest BCUT2D eigenvalue weighted by atomic mass is 16.1. The molecule has 0 fully saturated rings. The number of carbonyl (C=O) groups excluding carboxylic acids is 1. The summed E-state index contributed by atoms with van der Waals surface area (Å²) in [7, 11) is 0. The van der Waals surface area contributed by atoms with Crippen LogP contribution in [0.1, 0.15) is 11.3 Å². The average Bonchev–Trinajstić information content (AvgIpc) is 2.74. The first kappa shape index (κ1) is 16.8. The highest BCUT2D eigenvalue weighted by Gasteiger charge is 2.28. The highest BCUT2D eigenvalue weighted by molar-refractivity contribution is 6.00. The Kier molecular flexibility index (Phi) is 4.54. The number of nitrogens with two attached hydrogens (primary N) is 1. The van der Waals surface area contributed by atoms with E-state index in [0.717, 1.165) is 34.4 Å². The van der Waals surface area contributed by atoms with Gasteiger partial charge in [-0.2, -0.15) is 0 Å². The Labute approximate surface area is 158 Å². The maximum absolute atomic E-state index is 12.1. The summed E-state index contributed by atoms with van der Waals surface area (Å²) < 4.78 is 0. The van der Waals surface area contributed by atoms with Crippen molar-refractivity contribution < 1.29 is 4.79 Å². The molecule has 0 bridgehead atoms. The van der Waals surface area contributed by atoms with Crippen LogP contribution >= 0.6 is 0 Å². The number of para-hydroxylation sites is 2. The number of hydrogen-bond donors (Lipinski definition) is 1. The SMILES string of the molecule is Nc1ccccc1C1=CC(c2ccccn2)=CN(c2ccccc2)C1C=O. The number of anilines is 2. The molecule has 4 rings (SSSR count). The molecule has 0 radical (unpaired) electrons. The molecule has 1 aliphatic rings. The first-order valence-corrected chi connectivity index (χ1v) is 8.76. The minimum Gasteiger partial charge on any atom is -0.398 e. The fraction of sp³-hybridized carbons (Fsp3) is 0.0435. The monoisotopic (exact) mass is 353 g/mol. The van der Waals surface area contributed by atoms with E-state index in [9.17, 15) is 4.79 Å². The van der Waals surface area contributed by atoms with Crippen molar-refractivity contribution in [2.45, 2.75) is 6.04 Å². The van der Waals surface area contributed by atoms with E-state index < -0.39 is 6.04 Å². The van der Waals surface area contributed by atoms with Crippen LogP contribution in [-0.4, -0.2) is 17.3 Å². The lowest BCUT2D eigenvalue weighted by Crippen LogP contribution is -2.35. The van der Waals surface area contributed by atoms with Crippen molar-refractivity contribution in [2.75, 3.05) is 10.6 Å². The Bertz CT molecular complexity index is 1010. The van der Waals surface area contributed by atoms with Gasteiger partial charge in [-0.3, -0.25) is 4.98 Å². The number of pyridine rings is 1. The number of rotatable bonds is 4. The van der Waals surface area contributed by atoms with Gasteiger partial charge in [-0.15, -0.1) is 0 Å². The summed E-state index contributed by atoms with van der Waals surface area (Å²) in [6.45, 7) is 0. The van der Waals surface area contributed by atoms with E-state index >= 15 is 0 Å². The molecule has 0 saturated carbocycles. The second-order valence-electron chi connectivity index (χ2n) is 6.31. The van der Waals surface area contributed by atoms with E-state index in [0.29, 0.717) is 5.69 Å². The van der Waals surface area contributed by atoms with Crippen LogP contribution in [-0.2, 0) is 4.79 Å². The molecule has 132 valence electrons. The van der Waals surface area contributed by atoms with Gasteiger partial charge in [0.25, 0.3) is 0 Å². The Hall–Kier alpha value is -3.66. The molecule has 0 aliphatic carbocycles. The van der Waals surface area contributed by atoms with Gasteiger partial charge in [0.2, 0.25) is 0 Å². The summed E-state index contributed by atoms with van der Waals surface area (Å²) >= 11 is 0. The summed E-state index contributed by atoms with van der Waals surface area (Å²) in [4.78, 5) is 18.6. The van der Waals surface area contributed by atoms with E-state index in [1.54, 1.807) is 6.20 Å². The van der Waals surface area contributed by atoms with Gasteiger partial charge >= 0.3 is 0 Å². The largest absolute Gasteiger partial charge is 0.398 e. The van der Waals surface area contributed by atoms with Gasteiger partial charge in [0.05, 0.1) is 5.69 Å². The second-order valence-corrected chi connectivity index (χ2v) is 6.31. The third-order valence-electron chi connectivity index (χ3n) is 4.62. The second kappa shape index (κ2) is 7.30. The van der Waals surface area contributed by atoms with Gasteiger partial charge in [0.1, 0.15) is 12.3 Å². The van der Waals surface area contributed by atoms with Crippen LogP contribution in [0.4, 0.5) is 11.4 Å². The van der Waals surface area contributed by atoms with Crippen LogP contribution < -0.4 is 10.6 Å². The zero-order chi connectivity index (χ0) is 18.6. The lowest BCUT2D eigenvalue weighted by molar-refractivity contribution is -0.107. The van der Waals surface area contributed by atoms with Crippen LogP contribution in [0.2, 0.25) is 0 Å². The molecule has 3 aromatic rings. The summed E-state index contributed by atoms with van der Waals surface area (Å²) in [5.74, 6) is 0. The van der Waals surface area contributed by atoms with Crippen molar-refractivity contribution in [3.8, 4) is 0 Å². The highest BCUT2D eigenvalue weighted by Crippen LogP contribution is 2.36.